The average molecular weight is 613 g/mol. The van der Waals surface area contributed by atoms with Crippen LogP contribution in [0.4, 0.5) is 18.9 Å². The molecular weight excluding hydrogens is 577 g/mol. The van der Waals surface area contributed by atoms with E-state index in [1.54, 1.807) is 11.4 Å². The van der Waals surface area contributed by atoms with Crippen molar-refractivity contribution < 1.29 is 37.1 Å². The topological polar surface area (TPSA) is 133 Å². The van der Waals surface area contributed by atoms with Gasteiger partial charge in [-0.1, -0.05) is 38.1 Å². The molecule has 5 rings (SSSR count). The predicted octanol–water partition coefficient (Wildman–Crippen LogP) is 5.35. The minimum absolute atomic E-state index is 0.0503. The zero-order chi connectivity index (χ0) is 31.8. The molecule has 12 heteroatoms. The molecule has 3 aromatic rings. The highest BCUT2D eigenvalue weighted by Gasteiger charge is 2.38. The summed E-state index contributed by atoms with van der Waals surface area (Å²) in [6.07, 6.45) is -2.38. The lowest BCUT2D eigenvalue weighted by atomic mass is 9.80. The van der Waals surface area contributed by atoms with Gasteiger partial charge in [-0.2, -0.15) is 13.2 Å². The Kier molecular flexibility index (Phi) is 8.46. The number of nitrogens with zero attached hydrogens (tertiary/aromatic N) is 1. The first-order valence-corrected chi connectivity index (χ1v) is 14.6. The number of benzene rings is 2. The molecule has 0 radical (unpaired) electrons. The average Bonchev–Trinajstić information content (AvgIpc) is 3.26. The molecule has 1 saturated carbocycles. The Labute approximate surface area is 252 Å². The lowest BCUT2D eigenvalue weighted by Gasteiger charge is -2.31. The molecule has 1 aliphatic carbocycles. The first kappa shape index (κ1) is 31.1. The van der Waals surface area contributed by atoms with Crippen LogP contribution in [-0.2, 0) is 20.7 Å². The number of carbonyl (C=O) groups excluding carboxylic acids is 4. The highest BCUT2D eigenvalue weighted by molar-refractivity contribution is 6.06. The zero-order valence-electron chi connectivity index (χ0n) is 24.6. The second-order valence-electron chi connectivity index (χ2n) is 12.3. The van der Waals surface area contributed by atoms with Gasteiger partial charge in [0.1, 0.15) is 6.10 Å². The molecular formula is C32H35F3N4O5. The Morgan fingerprint density at radius 3 is 2.43 bits per heavy atom. The number of primary amides is 1. The maximum atomic E-state index is 13.2. The second-order valence-corrected chi connectivity index (χ2v) is 12.3. The fourth-order valence-corrected chi connectivity index (χ4v) is 6.27. The van der Waals surface area contributed by atoms with Crippen molar-refractivity contribution in [1.29, 1.82) is 0 Å². The van der Waals surface area contributed by atoms with Crippen LogP contribution in [0.5, 0.6) is 0 Å². The van der Waals surface area contributed by atoms with Crippen LogP contribution in [0.25, 0.3) is 22.0 Å². The van der Waals surface area contributed by atoms with Gasteiger partial charge in [-0.15, -0.1) is 0 Å². The van der Waals surface area contributed by atoms with Gasteiger partial charge in [-0.25, -0.2) is 0 Å². The number of carbonyl (C=O) groups is 4. The van der Waals surface area contributed by atoms with Crippen molar-refractivity contribution >= 4 is 40.3 Å². The van der Waals surface area contributed by atoms with Crippen molar-refractivity contribution in [3.05, 3.63) is 53.7 Å². The van der Waals surface area contributed by atoms with Crippen LogP contribution >= 0.6 is 0 Å². The van der Waals surface area contributed by atoms with Crippen LogP contribution in [0.3, 0.4) is 0 Å². The van der Waals surface area contributed by atoms with Gasteiger partial charge in [0.15, 0.2) is 0 Å². The van der Waals surface area contributed by atoms with E-state index < -0.39 is 36.6 Å². The number of aromatic nitrogens is 1. The van der Waals surface area contributed by atoms with Crippen molar-refractivity contribution in [2.45, 2.75) is 77.1 Å². The third-order valence-electron chi connectivity index (χ3n) is 8.28. The number of alkyl halides is 3. The van der Waals surface area contributed by atoms with Crippen molar-refractivity contribution in [1.82, 2.24) is 9.88 Å². The Balaban J connectivity index is 1.30. The normalized spacial score (nSPS) is 19.7. The number of esters is 1. The first-order valence-electron chi connectivity index (χ1n) is 14.6. The van der Waals surface area contributed by atoms with Crippen LogP contribution in [0.1, 0.15) is 73.2 Å². The number of ether oxygens (including phenoxy) is 1. The third-order valence-corrected chi connectivity index (χ3v) is 8.28. The molecule has 2 aromatic carbocycles. The number of rotatable bonds is 8. The molecule has 1 aromatic heterocycles. The first-order chi connectivity index (χ1) is 20.7. The van der Waals surface area contributed by atoms with E-state index in [1.807, 2.05) is 41.0 Å². The molecule has 2 heterocycles. The molecule has 0 bridgehead atoms. The Morgan fingerprint density at radius 1 is 1.05 bits per heavy atom. The summed E-state index contributed by atoms with van der Waals surface area (Å²) in [5, 5.41) is 6.06. The summed E-state index contributed by atoms with van der Waals surface area (Å²) in [5.41, 5.74) is 10.0. The third kappa shape index (κ3) is 6.58. The minimum atomic E-state index is -5.01. The lowest BCUT2D eigenvalue weighted by Crippen LogP contribution is -2.38. The quantitative estimate of drug-likeness (QED) is 0.294. The second kappa shape index (κ2) is 12.0. The van der Waals surface area contributed by atoms with Gasteiger partial charge in [-0.3, -0.25) is 23.7 Å². The van der Waals surface area contributed by atoms with E-state index in [1.165, 1.54) is 0 Å². The minimum Gasteiger partial charge on any atom is -0.462 e. The molecule has 0 spiro atoms. The Bertz CT molecular complexity index is 1620. The molecule has 4 N–H and O–H groups in total. The van der Waals surface area contributed by atoms with Crippen LogP contribution < -0.4 is 16.4 Å². The molecule has 1 fully saturated rings. The number of hydrogen-bond acceptors (Lipinski definition) is 6. The van der Waals surface area contributed by atoms with Crippen LogP contribution in [0.15, 0.2) is 42.5 Å². The zero-order valence-corrected chi connectivity index (χ0v) is 24.6. The number of halogens is 3. The summed E-state index contributed by atoms with van der Waals surface area (Å²) < 4.78 is 44.1. The lowest BCUT2D eigenvalue weighted by molar-refractivity contribution is -0.173. The molecule has 0 saturated heterocycles. The molecule has 2 aliphatic rings. The number of fused-ring (bicyclic) bond motifs is 3. The number of para-hydroxylation sites is 1. The van der Waals surface area contributed by atoms with Crippen LogP contribution in [0, 0.1) is 5.41 Å². The SMILES string of the molecule is CC1(C)CC(=O)n2c(c(-c3ccc(C(N)=O)c(NC4CCC(OC(=O)CCNC(=O)C(F)(F)F)CC4)c3)c3ccccc32)C1. The predicted molar refractivity (Wildman–Crippen MR) is 158 cm³/mol. The monoisotopic (exact) mass is 612 g/mol. The molecule has 2 amide bonds. The van der Waals surface area contributed by atoms with Crippen LogP contribution in [0.2, 0.25) is 0 Å². The summed E-state index contributed by atoms with van der Waals surface area (Å²) in [6.45, 7) is 3.70. The van der Waals surface area contributed by atoms with E-state index in [0.717, 1.165) is 27.7 Å². The van der Waals surface area contributed by atoms with E-state index in [9.17, 15) is 32.3 Å². The summed E-state index contributed by atoms with van der Waals surface area (Å²) in [7, 11) is 0. The van der Waals surface area contributed by atoms with Gasteiger partial charge in [0, 0.05) is 41.3 Å². The summed E-state index contributed by atoms with van der Waals surface area (Å²) in [5.74, 6) is -3.31. The molecule has 9 nitrogen and oxygen atoms in total. The molecule has 0 unspecified atom stereocenters. The summed E-state index contributed by atoms with van der Waals surface area (Å²) in [4.78, 5) is 48.6. The number of amides is 2. The maximum Gasteiger partial charge on any atom is 0.471 e. The van der Waals surface area contributed by atoms with Crippen molar-refractivity contribution in [3.63, 3.8) is 0 Å². The molecule has 0 atom stereocenters. The van der Waals surface area contributed by atoms with Gasteiger partial charge in [0.25, 0.3) is 5.91 Å². The highest BCUT2D eigenvalue weighted by Crippen LogP contribution is 2.43. The Hall–Kier alpha value is -4.35. The van der Waals surface area contributed by atoms with Gasteiger partial charge in [0.05, 0.1) is 17.5 Å². The fourth-order valence-electron chi connectivity index (χ4n) is 6.27. The smallest absolute Gasteiger partial charge is 0.462 e. The largest absolute Gasteiger partial charge is 0.471 e. The maximum absolute atomic E-state index is 13.2. The van der Waals surface area contributed by atoms with Gasteiger partial charge in [-0.05, 0) is 61.3 Å². The number of nitrogens with two attached hydrogens (primary N) is 1. The van der Waals surface area contributed by atoms with Gasteiger partial charge in [0.2, 0.25) is 5.91 Å². The molecule has 1 aliphatic heterocycles. The summed E-state index contributed by atoms with van der Waals surface area (Å²) >= 11 is 0. The molecule has 44 heavy (non-hydrogen) atoms. The van der Waals surface area contributed by atoms with E-state index in [0.29, 0.717) is 49.8 Å². The number of anilines is 1. The van der Waals surface area contributed by atoms with E-state index >= 15 is 0 Å². The fraction of sp³-hybridized carbons (Fsp3) is 0.438. The summed E-state index contributed by atoms with van der Waals surface area (Å²) in [6, 6.07) is 13.2. The standard InChI is InChI=1S/C32H35F3N4O5/c1-31(2)16-25-28(22-5-3-4-6-24(22)39(25)26(40)17-31)18-7-12-21(29(36)42)23(15-18)38-19-8-10-20(11-9-19)44-27(41)13-14-37-30(43)32(33,34)35/h3-7,12,15,19-20,38H,8-11,13-14,16-17H2,1-2H3,(H2,36,42)(H,37,43). The highest BCUT2D eigenvalue weighted by atomic mass is 19.4. The number of nitrogens with one attached hydrogen (secondary N) is 2. The van der Waals surface area contributed by atoms with Gasteiger partial charge < -0.3 is 21.1 Å². The van der Waals surface area contributed by atoms with E-state index in [4.69, 9.17) is 10.5 Å². The molecule has 234 valence electrons. The number of hydrogen-bond donors (Lipinski definition) is 3. The van der Waals surface area contributed by atoms with Crippen LogP contribution in [-0.4, -0.2) is 53.1 Å². The van der Waals surface area contributed by atoms with Crippen molar-refractivity contribution in [2.75, 3.05) is 11.9 Å². The van der Waals surface area contributed by atoms with Crippen molar-refractivity contribution in [3.8, 4) is 11.1 Å². The van der Waals surface area contributed by atoms with Gasteiger partial charge >= 0.3 is 18.1 Å². The Morgan fingerprint density at radius 2 is 1.75 bits per heavy atom. The van der Waals surface area contributed by atoms with E-state index in [-0.39, 0.29) is 23.8 Å². The van der Waals surface area contributed by atoms with Crippen molar-refractivity contribution in [2.24, 2.45) is 11.1 Å². The van der Waals surface area contributed by atoms with E-state index in [2.05, 4.69) is 19.2 Å².